The van der Waals surface area contributed by atoms with Crippen molar-refractivity contribution in [1.29, 1.82) is 0 Å². The number of rotatable bonds is 3. The van der Waals surface area contributed by atoms with Gasteiger partial charge in [0.25, 0.3) is 0 Å². The first-order valence-corrected chi connectivity index (χ1v) is 8.75. The maximum atomic E-state index is 12.7. The van der Waals surface area contributed by atoms with E-state index in [0.29, 0.717) is 0 Å². The van der Waals surface area contributed by atoms with Crippen molar-refractivity contribution in [3.8, 4) is 0 Å². The largest absolute Gasteiger partial charge is 0.416 e. The predicted molar refractivity (Wildman–Crippen MR) is 90.3 cm³/mol. The molecule has 0 bridgehead atoms. The lowest BCUT2D eigenvalue weighted by Gasteiger charge is -2.11. The van der Waals surface area contributed by atoms with Crippen molar-refractivity contribution in [2.75, 3.05) is 6.26 Å². The molecule has 0 heterocycles. The minimum Gasteiger partial charge on any atom is -0.166 e. The van der Waals surface area contributed by atoms with E-state index < -0.39 is 11.7 Å². The molecular formula is C19H17F3S. The van der Waals surface area contributed by atoms with E-state index in [-0.39, 0.29) is 0 Å². The van der Waals surface area contributed by atoms with Crippen molar-refractivity contribution in [3.05, 3.63) is 65.2 Å². The minimum atomic E-state index is -4.28. The molecule has 0 aliphatic heterocycles. The molecule has 0 saturated heterocycles. The summed E-state index contributed by atoms with van der Waals surface area (Å²) in [5, 5.41) is 0. The number of hydrogen-bond acceptors (Lipinski definition) is 1. The lowest BCUT2D eigenvalue weighted by Crippen LogP contribution is -2.04. The van der Waals surface area contributed by atoms with Crippen LogP contribution in [0.1, 0.15) is 36.0 Å². The van der Waals surface area contributed by atoms with Gasteiger partial charge in [0.2, 0.25) is 0 Å². The van der Waals surface area contributed by atoms with Gasteiger partial charge in [-0.3, -0.25) is 0 Å². The standard InChI is InChI=1S/C19H17F3S/c1-23-16-11-7-14(8-12-16)18-4-2-3-17(18)13-5-9-15(10-6-13)19(20,21)22/h5-12H,2-4H2,1H3. The number of halogens is 3. The Morgan fingerprint density at radius 1 is 0.783 bits per heavy atom. The van der Waals surface area contributed by atoms with E-state index in [1.165, 1.54) is 33.7 Å². The van der Waals surface area contributed by atoms with E-state index in [1.54, 1.807) is 23.9 Å². The summed E-state index contributed by atoms with van der Waals surface area (Å²) in [7, 11) is 0. The van der Waals surface area contributed by atoms with Gasteiger partial charge in [0.15, 0.2) is 0 Å². The first-order chi connectivity index (χ1) is 11.0. The molecule has 0 nitrogen and oxygen atoms in total. The van der Waals surface area contributed by atoms with Gasteiger partial charge in [-0.05, 0) is 72.1 Å². The Morgan fingerprint density at radius 3 is 1.70 bits per heavy atom. The van der Waals surface area contributed by atoms with Crippen LogP contribution in [0.3, 0.4) is 0 Å². The van der Waals surface area contributed by atoms with E-state index in [0.717, 1.165) is 24.8 Å². The van der Waals surface area contributed by atoms with Crippen molar-refractivity contribution in [1.82, 2.24) is 0 Å². The second-order valence-corrected chi connectivity index (χ2v) is 6.49. The molecule has 0 aromatic heterocycles. The average molecular weight is 334 g/mol. The summed E-state index contributed by atoms with van der Waals surface area (Å²) in [6, 6.07) is 13.9. The molecule has 23 heavy (non-hydrogen) atoms. The molecule has 2 aromatic rings. The highest BCUT2D eigenvalue weighted by atomic mass is 32.2. The van der Waals surface area contributed by atoms with Crippen LogP contribution in [0.25, 0.3) is 11.1 Å². The van der Waals surface area contributed by atoms with Gasteiger partial charge >= 0.3 is 6.18 Å². The van der Waals surface area contributed by atoms with Gasteiger partial charge in [-0.15, -0.1) is 11.8 Å². The molecule has 3 rings (SSSR count). The highest BCUT2D eigenvalue weighted by Gasteiger charge is 2.30. The zero-order chi connectivity index (χ0) is 16.4. The second kappa shape index (κ2) is 6.44. The fraction of sp³-hybridized carbons (Fsp3) is 0.263. The van der Waals surface area contributed by atoms with E-state index >= 15 is 0 Å². The second-order valence-electron chi connectivity index (χ2n) is 5.61. The van der Waals surface area contributed by atoms with Gasteiger partial charge in [-0.25, -0.2) is 0 Å². The number of hydrogen-bond donors (Lipinski definition) is 0. The Bertz CT molecular complexity index is 710. The molecule has 0 N–H and O–H groups in total. The highest BCUT2D eigenvalue weighted by Crippen LogP contribution is 2.40. The Balaban J connectivity index is 1.95. The Hall–Kier alpha value is -1.68. The fourth-order valence-corrected chi connectivity index (χ4v) is 3.44. The third-order valence-electron chi connectivity index (χ3n) is 4.22. The number of thioether (sulfide) groups is 1. The van der Waals surface area contributed by atoms with Crippen molar-refractivity contribution < 1.29 is 13.2 Å². The first-order valence-electron chi connectivity index (χ1n) is 7.53. The highest BCUT2D eigenvalue weighted by molar-refractivity contribution is 7.98. The summed E-state index contributed by atoms with van der Waals surface area (Å²) >= 11 is 1.70. The molecule has 1 aliphatic rings. The molecular weight excluding hydrogens is 317 g/mol. The van der Waals surface area contributed by atoms with Gasteiger partial charge in [0.1, 0.15) is 0 Å². The van der Waals surface area contributed by atoms with E-state index in [1.807, 2.05) is 6.26 Å². The van der Waals surface area contributed by atoms with Crippen LogP contribution in [0.4, 0.5) is 13.2 Å². The topological polar surface area (TPSA) is 0 Å². The molecule has 1 aliphatic carbocycles. The van der Waals surface area contributed by atoms with Gasteiger partial charge in [0.05, 0.1) is 5.56 Å². The molecule has 0 atom stereocenters. The summed E-state index contributed by atoms with van der Waals surface area (Å²) < 4.78 is 38.1. The Kier molecular flexibility index (Phi) is 4.53. The van der Waals surface area contributed by atoms with E-state index in [4.69, 9.17) is 0 Å². The lowest BCUT2D eigenvalue weighted by molar-refractivity contribution is -0.137. The van der Waals surface area contributed by atoms with Crippen LogP contribution >= 0.6 is 11.8 Å². The molecule has 2 aromatic carbocycles. The quantitative estimate of drug-likeness (QED) is 0.576. The van der Waals surface area contributed by atoms with Crippen molar-refractivity contribution in [3.63, 3.8) is 0 Å². The average Bonchev–Trinajstić information content (AvgIpc) is 3.04. The normalized spacial score (nSPS) is 15.3. The van der Waals surface area contributed by atoms with Gasteiger partial charge in [0, 0.05) is 4.90 Å². The van der Waals surface area contributed by atoms with Crippen molar-refractivity contribution >= 4 is 22.9 Å². The third-order valence-corrected chi connectivity index (χ3v) is 4.96. The molecule has 0 spiro atoms. The zero-order valence-corrected chi connectivity index (χ0v) is 13.6. The molecule has 0 amide bonds. The number of allylic oxidation sites excluding steroid dienone is 2. The van der Waals surface area contributed by atoms with Gasteiger partial charge in [-0.2, -0.15) is 13.2 Å². The van der Waals surface area contributed by atoms with Crippen LogP contribution < -0.4 is 0 Å². The summed E-state index contributed by atoms with van der Waals surface area (Å²) in [4.78, 5) is 1.21. The monoisotopic (exact) mass is 334 g/mol. The van der Waals surface area contributed by atoms with Gasteiger partial charge < -0.3 is 0 Å². The van der Waals surface area contributed by atoms with Crippen molar-refractivity contribution in [2.45, 2.75) is 30.3 Å². The van der Waals surface area contributed by atoms with Crippen molar-refractivity contribution in [2.24, 2.45) is 0 Å². The first kappa shape index (κ1) is 16.2. The maximum Gasteiger partial charge on any atom is 0.416 e. The smallest absolute Gasteiger partial charge is 0.166 e. The van der Waals surface area contributed by atoms with Gasteiger partial charge in [-0.1, -0.05) is 24.3 Å². The molecule has 120 valence electrons. The fourth-order valence-electron chi connectivity index (χ4n) is 3.03. The maximum absolute atomic E-state index is 12.7. The zero-order valence-electron chi connectivity index (χ0n) is 12.8. The van der Waals surface area contributed by atoms with E-state index in [2.05, 4.69) is 24.3 Å². The summed E-state index contributed by atoms with van der Waals surface area (Å²) in [5.74, 6) is 0. The van der Waals surface area contributed by atoms with Crippen LogP contribution in [-0.4, -0.2) is 6.26 Å². The predicted octanol–water partition coefficient (Wildman–Crippen LogP) is 6.52. The molecule has 4 heteroatoms. The molecule has 0 fully saturated rings. The SMILES string of the molecule is CSc1ccc(C2=C(c3ccc(C(F)(F)F)cc3)CCC2)cc1. The molecule has 0 radical (unpaired) electrons. The van der Waals surface area contributed by atoms with Crippen LogP contribution in [0.15, 0.2) is 53.4 Å². The van der Waals surface area contributed by atoms with Crippen LogP contribution in [-0.2, 0) is 6.18 Å². The summed E-state index contributed by atoms with van der Waals surface area (Å²) in [5.41, 5.74) is 3.92. The summed E-state index contributed by atoms with van der Waals surface area (Å²) in [6.45, 7) is 0. The third kappa shape index (κ3) is 3.47. The molecule has 0 saturated carbocycles. The van der Waals surface area contributed by atoms with Crippen LogP contribution in [0, 0.1) is 0 Å². The minimum absolute atomic E-state index is 0.592. The number of alkyl halides is 3. The Morgan fingerprint density at radius 2 is 1.26 bits per heavy atom. The van der Waals surface area contributed by atoms with E-state index in [9.17, 15) is 13.2 Å². The summed E-state index contributed by atoms with van der Waals surface area (Å²) in [6.07, 6.45) is 0.715. The Labute approximate surface area is 138 Å². The molecule has 0 unspecified atom stereocenters. The lowest BCUT2D eigenvalue weighted by atomic mass is 9.96. The van der Waals surface area contributed by atoms with Crippen LogP contribution in [0.5, 0.6) is 0 Å². The van der Waals surface area contributed by atoms with Crippen LogP contribution in [0.2, 0.25) is 0 Å². The number of benzene rings is 2.